The van der Waals surface area contributed by atoms with Gasteiger partial charge in [0.25, 0.3) is 0 Å². The number of fused-ring (bicyclic) bond motifs is 5. The summed E-state index contributed by atoms with van der Waals surface area (Å²) >= 11 is 0. The van der Waals surface area contributed by atoms with E-state index < -0.39 is 0 Å². The van der Waals surface area contributed by atoms with Crippen LogP contribution in [0.15, 0.2) is 5.10 Å². The lowest BCUT2D eigenvalue weighted by molar-refractivity contribution is -0.131. The maximum atomic E-state index is 13.2. The molecular weight excluding hydrogens is 391 g/mol. The number of ketones is 1. The number of hydrogen-bond acceptors (Lipinski definition) is 4. The lowest BCUT2D eigenvalue weighted by atomic mass is 9.49. The Balaban J connectivity index is 0.00000132. The summed E-state index contributed by atoms with van der Waals surface area (Å²) in [7, 11) is 0. The molecule has 0 amide bonds. The van der Waals surface area contributed by atoms with Gasteiger partial charge in [0.2, 0.25) is 0 Å². The van der Waals surface area contributed by atoms with Gasteiger partial charge in [0.1, 0.15) is 5.84 Å². The van der Waals surface area contributed by atoms with Gasteiger partial charge in [0, 0.05) is 5.92 Å². The van der Waals surface area contributed by atoms with Crippen LogP contribution in [0.3, 0.4) is 0 Å². The van der Waals surface area contributed by atoms with Crippen molar-refractivity contribution in [1.29, 1.82) is 0 Å². The second kappa shape index (κ2) is 10.2. The molecule has 0 aliphatic heterocycles. The first kappa shape index (κ1) is 24.5. The SMILES string of the molecule is C/C(=N/N)N(N)CC(=O)C1CCC2C3CCC4CC(CF)CCC4C3CCC12C.CC. The number of nitrogens with two attached hydrogens (primary N) is 2. The number of halogens is 1. The molecular formula is C25H45FN4O. The summed E-state index contributed by atoms with van der Waals surface area (Å²) in [5, 5.41) is 5.00. The zero-order valence-electron chi connectivity index (χ0n) is 20.2. The van der Waals surface area contributed by atoms with Gasteiger partial charge in [-0.2, -0.15) is 5.10 Å². The molecule has 0 aromatic carbocycles. The number of hydrazone groups is 1. The zero-order chi connectivity index (χ0) is 22.8. The van der Waals surface area contributed by atoms with Crippen molar-refractivity contribution in [2.75, 3.05) is 13.2 Å². The number of amidine groups is 1. The molecule has 0 radical (unpaired) electrons. The van der Waals surface area contributed by atoms with E-state index in [0.29, 0.717) is 17.7 Å². The third kappa shape index (κ3) is 4.51. The van der Waals surface area contributed by atoms with Gasteiger partial charge in [-0.15, -0.1) is 0 Å². The minimum Gasteiger partial charge on any atom is -0.322 e. The monoisotopic (exact) mass is 436 g/mol. The van der Waals surface area contributed by atoms with Gasteiger partial charge < -0.3 is 5.84 Å². The lowest BCUT2D eigenvalue weighted by Crippen LogP contribution is -2.50. The van der Waals surface area contributed by atoms with Gasteiger partial charge in [-0.05, 0) is 106 Å². The quantitative estimate of drug-likeness (QED) is 0.284. The van der Waals surface area contributed by atoms with Crippen LogP contribution in [0, 0.1) is 46.8 Å². The van der Waals surface area contributed by atoms with Gasteiger partial charge in [0.15, 0.2) is 5.78 Å². The molecule has 8 atom stereocenters. The third-order valence-electron chi connectivity index (χ3n) is 9.60. The maximum Gasteiger partial charge on any atom is 0.157 e. The minimum atomic E-state index is -0.131. The fourth-order valence-electron chi connectivity index (χ4n) is 8.09. The predicted molar refractivity (Wildman–Crippen MR) is 125 cm³/mol. The molecule has 5 nitrogen and oxygen atoms in total. The molecule has 0 spiro atoms. The zero-order valence-corrected chi connectivity index (χ0v) is 20.2. The van der Waals surface area contributed by atoms with Gasteiger partial charge in [-0.3, -0.25) is 14.2 Å². The van der Waals surface area contributed by atoms with Crippen LogP contribution in [-0.4, -0.2) is 29.8 Å². The molecule has 0 heterocycles. The number of alkyl halides is 1. The molecule has 4 N–H and O–H groups in total. The average Bonchev–Trinajstić information content (AvgIpc) is 3.16. The van der Waals surface area contributed by atoms with E-state index in [2.05, 4.69) is 12.0 Å². The molecule has 4 aliphatic rings. The van der Waals surface area contributed by atoms with E-state index in [9.17, 15) is 9.18 Å². The summed E-state index contributed by atoms with van der Waals surface area (Å²) in [4.78, 5) is 13.1. The Morgan fingerprint density at radius 1 is 1.06 bits per heavy atom. The number of hydrazine groups is 1. The first-order valence-corrected chi connectivity index (χ1v) is 12.7. The van der Waals surface area contributed by atoms with E-state index in [4.69, 9.17) is 11.7 Å². The van der Waals surface area contributed by atoms with Crippen LogP contribution in [0.2, 0.25) is 0 Å². The standard InChI is InChI=1S/C23H39FN4O.C2H6/c1-14(27-25)28(26)13-22(29)21-8-7-20-19-6-4-16-11-15(12-24)3-5-17(16)18(19)9-10-23(20,21)2;1-2/h15-21H,3-13,25-26H2,1-2H3;1-2H3/b27-14-;. The van der Waals surface area contributed by atoms with Crippen LogP contribution >= 0.6 is 0 Å². The molecule has 0 saturated heterocycles. The number of hydrogen-bond donors (Lipinski definition) is 2. The van der Waals surface area contributed by atoms with Gasteiger partial charge in [-0.1, -0.05) is 20.8 Å². The van der Waals surface area contributed by atoms with Gasteiger partial charge in [-0.25, -0.2) is 5.84 Å². The Kier molecular flexibility index (Phi) is 8.04. The maximum absolute atomic E-state index is 13.2. The molecule has 4 rings (SSSR count). The lowest BCUT2D eigenvalue weighted by Gasteiger charge is -2.56. The predicted octanol–water partition coefficient (Wildman–Crippen LogP) is 4.90. The minimum absolute atomic E-state index is 0.102. The van der Waals surface area contributed by atoms with Crippen LogP contribution in [0.25, 0.3) is 0 Å². The van der Waals surface area contributed by atoms with Crippen molar-refractivity contribution < 1.29 is 9.18 Å². The second-order valence-corrected chi connectivity index (χ2v) is 10.7. The summed E-state index contributed by atoms with van der Waals surface area (Å²) in [6.07, 6.45) is 10.6. The van der Waals surface area contributed by atoms with E-state index in [1.54, 1.807) is 6.92 Å². The van der Waals surface area contributed by atoms with Crippen molar-refractivity contribution in [3.63, 3.8) is 0 Å². The Hall–Kier alpha value is -1.17. The molecule has 4 saturated carbocycles. The Bertz CT molecular complexity index is 655. The molecule has 0 aromatic rings. The Morgan fingerprint density at radius 2 is 1.77 bits per heavy atom. The summed E-state index contributed by atoms with van der Waals surface area (Å²) in [5.41, 5.74) is 0.107. The number of carbonyl (C=O) groups is 1. The number of rotatable bonds is 4. The second-order valence-electron chi connectivity index (χ2n) is 10.7. The van der Waals surface area contributed by atoms with Crippen LogP contribution < -0.4 is 11.7 Å². The number of nitrogens with zero attached hydrogens (tertiary/aromatic N) is 2. The van der Waals surface area contributed by atoms with E-state index in [0.717, 1.165) is 49.4 Å². The Morgan fingerprint density at radius 3 is 2.45 bits per heavy atom. The third-order valence-corrected chi connectivity index (χ3v) is 9.60. The van der Waals surface area contributed by atoms with Crippen LogP contribution in [0.4, 0.5) is 4.39 Å². The van der Waals surface area contributed by atoms with Crippen LogP contribution in [0.5, 0.6) is 0 Å². The number of carbonyl (C=O) groups excluding carboxylic acids is 1. The first-order valence-electron chi connectivity index (χ1n) is 12.7. The largest absolute Gasteiger partial charge is 0.322 e. The molecule has 8 unspecified atom stereocenters. The van der Waals surface area contributed by atoms with Crippen LogP contribution in [0.1, 0.15) is 85.5 Å². The van der Waals surface area contributed by atoms with Crippen molar-refractivity contribution in [2.24, 2.45) is 63.6 Å². The molecule has 178 valence electrons. The Labute approximate surface area is 188 Å². The number of Topliss-reactive ketones (excluding diaryl/α,β-unsaturated/α-hetero) is 1. The van der Waals surface area contributed by atoms with E-state index in [1.807, 2.05) is 13.8 Å². The molecule has 0 bridgehead atoms. The highest BCUT2D eigenvalue weighted by molar-refractivity contribution is 5.89. The normalized spacial score (nSPS) is 41.9. The van der Waals surface area contributed by atoms with Crippen molar-refractivity contribution in [1.82, 2.24) is 5.01 Å². The fourth-order valence-corrected chi connectivity index (χ4v) is 8.09. The summed E-state index contributed by atoms with van der Waals surface area (Å²) in [6, 6.07) is 0. The van der Waals surface area contributed by atoms with Crippen molar-refractivity contribution in [3.8, 4) is 0 Å². The molecule has 31 heavy (non-hydrogen) atoms. The van der Waals surface area contributed by atoms with Crippen LogP contribution in [-0.2, 0) is 4.79 Å². The van der Waals surface area contributed by atoms with Crippen molar-refractivity contribution in [3.05, 3.63) is 0 Å². The highest BCUT2D eigenvalue weighted by atomic mass is 19.1. The average molecular weight is 437 g/mol. The van der Waals surface area contributed by atoms with Gasteiger partial charge in [0.05, 0.1) is 13.2 Å². The molecule has 4 fully saturated rings. The molecule has 0 aromatic heterocycles. The molecule has 6 heteroatoms. The van der Waals surface area contributed by atoms with E-state index in [1.165, 1.54) is 37.1 Å². The first-order chi connectivity index (χ1) is 14.9. The van der Waals surface area contributed by atoms with E-state index in [-0.39, 0.29) is 30.3 Å². The molecule has 4 aliphatic carbocycles. The fraction of sp³-hybridized carbons (Fsp3) is 0.920. The van der Waals surface area contributed by atoms with Crippen molar-refractivity contribution in [2.45, 2.75) is 85.5 Å². The topological polar surface area (TPSA) is 84.7 Å². The highest BCUT2D eigenvalue weighted by Crippen LogP contribution is 2.64. The summed E-state index contributed by atoms with van der Waals surface area (Å²) in [6.45, 7) is 8.17. The van der Waals surface area contributed by atoms with E-state index >= 15 is 0 Å². The van der Waals surface area contributed by atoms with Crippen molar-refractivity contribution >= 4 is 11.6 Å². The highest BCUT2D eigenvalue weighted by Gasteiger charge is 2.58. The summed E-state index contributed by atoms with van der Waals surface area (Å²) < 4.78 is 13.2. The smallest absolute Gasteiger partial charge is 0.157 e. The van der Waals surface area contributed by atoms with Gasteiger partial charge >= 0.3 is 0 Å². The summed E-state index contributed by atoms with van der Waals surface area (Å²) in [5.74, 6) is 16.2.